The summed E-state index contributed by atoms with van der Waals surface area (Å²) in [5.41, 5.74) is 6.69. The van der Waals surface area contributed by atoms with Crippen LogP contribution in [0.25, 0.3) is 0 Å². The summed E-state index contributed by atoms with van der Waals surface area (Å²) in [7, 11) is 0. The molecule has 0 atom stereocenters. The minimum Gasteiger partial charge on any atom is -0.396 e. The lowest BCUT2D eigenvalue weighted by molar-refractivity contribution is -0.116. The third-order valence-electron chi connectivity index (χ3n) is 1.81. The van der Waals surface area contributed by atoms with Gasteiger partial charge >= 0.3 is 0 Å². The third-order valence-corrected chi connectivity index (χ3v) is 2.03. The van der Waals surface area contributed by atoms with E-state index in [-0.39, 0.29) is 23.9 Å². The van der Waals surface area contributed by atoms with Gasteiger partial charge in [0.05, 0.1) is 18.7 Å². The van der Waals surface area contributed by atoms with E-state index in [4.69, 9.17) is 23.1 Å². The first-order valence-electron chi connectivity index (χ1n) is 4.44. The average molecular weight is 224 g/mol. The van der Waals surface area contributed by atoms with Gasteiger partial charge in [-0.05, 0) is 12.1 Å². The predicted molar refractivity (Wildman–Crippen MR) is 62.7 cm³/mol. The maximum Gasteiger partial charge on any atom is 0.226 e. The highest BCUT2D eigenvalue weighted by atomic mass is 32.1. The van der Waals surface area contributed by atoms with E-state index in [1.165, 1.54) is 0 Å². The molecule has 0 aliphatic carbocycles. The van der Waals surface area contributed by atoms with Crippen LogP contribution in [0.4, 0.5) is 5.69 Å². The van der Waals surface area contributed by atoms with Gasteiger partial charge in [0.2, 0.25) is 5.91 Å². The molecule has 0 saturated carbocycles. The predicted octanol–water partition coefficient (Wildman–Crippen LogP) is 0.642. The van der Waals surface area contributed by atoms with Crippen molar-refractivity contribution in [3.05, 3.63) is 29.8 Å². The summed E-state index contributed by atoms with van der Waals surface area (Å²) in [6.07, 6.45) is 0.0612. The largest absolute Gasteiger partial charge is 0.396 e. The van der Waals surface area contributed by atoms with Crippen LogP contribution < -0.4 is 11.1 Å². The third kappa shape index (κ3) is 3.30. The Hall–Kier alpha value is -1.46. The van der Waals surface area contributed by atoms with Crippen LogP contribution in [0.2, 0.25) is 0 Å². The molecule has 4 nitrogen and oxygen atoms in total. The number of para-hydroxylation sites is 1. The van der Waals surface area contributed by atoms with Gasteiger partial charge in [0.15, 0.2) is 0 Å². The van der Waals surface area contributed by atoms with Crippen molar-refractivity contribution in [2.45, 2.75) is 6.42 Å². The van der Waals surface area contributed by atoms with Crippen molar-refractivity contribution in [3.63, 3.8) is 0 Å². The van der Waals surface area contributed by atoms with Gasteiger partial charge in [-0.3, -0.25) is 4.79 Å². The highest BCUT2D eigenvalue weighted by Gasteiger charge is 2.07. The van der Waals surface area contributed by atoms with Gasteiger partial charge in [-0.15, -0.1) is 0 Å². The van der Waals surface area contributed by atoms with Crippen LogP contribution in [0.15, 0.2) is 24.3 Å². The van der Waals surface area contributed by atoms with Gasteiger partial charge in [0.1, 0.15) is 4.99 Å². The van der Waals surface area contributed by atoms with Crippen LogP contribution >= 0.6 is 12.2 Å². The molecule has 0 heterocycles. The molecule has 80 valence electrons. The van der Waals surface area contributed by atoms with E-state index >= 15 is 0 Å². The van der Waals surface area contributed by atoms with Gasteiger partial charge in [0.25, 0.3) is 0 Å². The Morgan fingerprint density at radius 1 is 1.47 bits per heavy atom. The molecule has 1 amide bonds. The monoisotopic (exact) mass is 224 g/mol. The van der Waals surface area contributed by atoms with Crippen LogP contribution in [0.1, 0.15) is 12.0 Å². The molecule has 0 saturated heterocycles. The van der Waals surface area contributed by atoms with Gasteiger partial charge in [-0.2, -0.15) is 0 Å². The molecule has 0 aliphatic heterocycles. The van der Waals surface area contributed by atoms with E-state index in [0.717, 1.165) is 0 Å². The number of nitrogens with two attached hydrogens (primary N) is 1. The van der Waals surface area contributed by atoms with Crippen LogP contribution in [-0.4, -0.2) is 22.6 Å². The lowest BCUT2D eigenvalue weighted by Crippen LogP contribution is -2.17. The van der Waals surface area contributed by atoms with E-state index in [1.807, 2.05) is 0 Å². The first-order chi connectivity index (χ1) is 7.15. The number of aliphatic hydroxyl groups is 1. The molecule has 1 rings (SSSR count). The number of carbonyl (C=O) groups is 1. The summed E-state index contributed by atoms with van der Waals surface area (Å²) in [6.45, 7) is -0.179. The molecule has 0 spiro atoms. The van der Waals surface area contributed by atoms with Crippen LogP contribution in [0.3, 0.4) is 0 Å². The number of rotatable bonds is 4. The first kappa shape index (κ1) is 11.6. The maximum atomic E-state index is 11.2. The summed E-state index contributed by atoms with van der Waals surface area (Å²) in [5, 5.41) is 11.2. The standard InChI is InChI=1S/C10H12N2O2S/c11-10(15)7-3-1-2-4-8(7)12-9(14)5-6-13/h1-4,13H,5-6H2,(H2,11,15)(H,12,14). The number of carbonyl (C=O) groups excluding carboxylic acids is 1. The average Bonchev–Trinajstić information content (AvgIpc) is 2.18. The van der Waals surface area contributed by atoms with Crippen molar-refractivity contribution in [2.24, 2.45) is 5.73 Å². The number of anilines is 1. The van der Waals surface area contributed by atoms with Crippen molar-refractivity contribution < 1.29 is 9.90 Å². The number of aliphatic hydroxyl groups excluding tert-OH is 1. The van der Waals surface area contributed by atoms with Crippen LogP contribution in [0.5, 0.6) is 0 Å². The Bertz CT molecular complexity index is 379. The first-order valence-corrected chi connectivity index (χ1v) is 4.85. The minimum atomic E-state index is -0.263. The number of hydrogen-bond acceptors (Lipinski definition) is 3. The number of amides is 1. The van der Waals surface area contributed by atoms with Crippen LogP contribution in [0, 0.1) is 0 Å². The Morgan fingerprint density at radius 3 is 2.73 bits per heavy atom. The van der Waals surface area contributed by atoms with Gasteiger partial charge < -0.3 is 16.2 Å². The second-order valence-electron chi connectivity index (χ2n) is 2.93. The van der Waals surface area contributed by atoms with E-state index in [9.17, 15) is 4.79 Å². The zero-order valence-corrected chi connectivity index (χ0v) is 8.88. The molecule has 1 aromatic carbocycles. The van der Waals surface area contributed by atoms with Crippen molar-refractivity contribution in [1.82, 2.24) is 0 Å². The fraction of sp³-hybridized carbons (Fsp3) is 0.200. The smallest absolute Gasteiger partial charge is 0.226 e. The molecule has 5 heteroatoms. The number of benzene rings is 1. The molecule has 1 aromatic rings. The summed E-state index contributed by atoms with van der Waals surface area (Å²) in [5.74, 6) is -0.263. The highest BCUT2D eigenvalue weighted by molar-refractivity contribution is 7.80. The second kappa shape index (κ2) is 5.43. The fourth-order valence-electron chi connectivity index (χ4n) is 1.12. The van der Waals surface area contributed by atoms with Gasteiger partial charge in [0, 0.05) is 5.56 Å². The Kier molecular flexibility index (Phi) is 4.20. The number of nitrogens with one attached hydrogen (secondary N) is 1. The minimum absolute atomic E-state index is 0.0612. The lowest BCUT2D eigenvalue weighted by atomic mass is 10.1. The Morgan fingerprint density at radius 2 is 2.13 bits per heavy atom. The molecule has 0 radical (unpaired) electrons. The zero-order chi connectivity index (χ0) is 11.3. The normalized spacial score (nSPS) is 9.67. The summed E-state index contributed by atoms with van der Waals surface area (Å²) in [6, 6.07) is 7.01. The highest BCUT2D eigenvalue weighted by Crippen LogP contribution is 2.14. The fourth-order valence-corrected chi connectivity index (χ4v) is 1.30. The molecular weight excluding hydrogens is 212 g/mol. The van der Waals surface area contributed by atoms with Gasteiger partial charge in [-0.25, -0.2) is 0 Å². The maximum absolute atomic E-state index is 11.2. The topological polar surface area (TPSA) is 75.3 Å². The van der Waals surface area contributed by atoms with E-state index in [2.05, 4.69) is 5.32 Å². The van der Waals surface area contributed by atoms with Crippen LogP contribution in [-0.2, 0) is 4.79 Å². The lowest BCUT2D eigenvalue weighted by Gasteiger charge is -2.08. The molecule has 0 aromatic heterocycles. The number of hydrogen-bond donors (Lipinski definition) is 3. The molecular formula is C10H12N2O2S. The molecule has 0 fully saturated rings. The number of thiocarbonyl (C=S) groups is 1. The molecule has 15 heavy (non-hydrogen) atoms. The Balaban J connectivity index is 2.84. The molecule has 4 N–H and O–H groups in total. The summed E-state index contributed by atoms with van der Waals surface area (Å²) < 4.78 is 0. The van der Waals surface area contributed by atoms with Crippen molar-refractivity contribution in [1.29, 1.82) is 0 Å². The van der Waals surface area contributed by atoms with Gasteiger partial charge in [-0.1, -0.05) is 24.4 Å². The SMILES string of the molecule is NC(=S)c1ccccc1NC(=O)CCO. The summed E-state index contributed by atoms with van der Waals surface area (Å²) in [4.78, 5) is 11.5. The van der Waals surface area contributed by atoms with Crippen molar-refractivity contribution in [2.75, 3.05) is 11.9 Å². The van der Waals surface area contributed by atoms with E-state index in [1.54, 1.807) is 24.3 Å². The molecule has 0 bridgehead atoms. The Labute approximate surface area is 93.1 Å². The summed E-state index contributed by atoms with van der Waals surface area (Å²) >= 11 is 4.84. The molecule has 0 unspecified atom stereocenters. The van der Waals surface area contributed by atoms with E-state index in [0.29, 0.717) is 11.3 Å². The van der Waals surface area contributed by atoms with E-state index < -0.39 is 0 Å². The van der Waals surface area contributed by atoms with Crippen molar-refractivity contribution >= 4 is 28.8 Å². The van der Waals surface area contributed by atoms with Crippen molar-refractivity contribution in [3.8, 4) is 0 Å². The zero-order valence-electron chi connectivity index (χ0n) is 8.06. The second-order valence-corrected chi connectivity index (χ2v) is 3.37. The quantitative estimate of drug-likeness (QED) is 0.656. The molecule has 0 aliphatic rings.